The molecule has 0 aromatic heterocycles. The summed E-state index contributed by atoms with van der Waals surface area (Å²) in [6.07, 6.45) is 0.834. The summed E-state index contributed by atoms with van der Waals surface area (Å²) in [5, 5.41) is 18.2. The first kappa shape index (κ1) is 20.2. The zero-order chi connectivity index (χ0) is 18.3. The Labute approximate surface area is 152 Å². The van der Waals surface area contributed by atoms with E-state index in [-0.39, 0.29) is 18.6 Å². The van der Waals surface area contributed by atoms with Gasteiger partial charge in [0.1, 0.15) is 12.4 Å². The number of piperazine rings is 1. The van der Waals surface area contributed by atoms with Crippen molar-refractivity contribution in [2.75, 3.05) is 46.0 Å². The summed E-state index contributed by atoms with van der Waals surface area (Å²) >= 11 is 0. The van der Waals surface area contributed by atoms with E-state index in [0.29, 0.717) is 12.6 Å². The molecule has 0 radical (unpaired) electrons. The Morgan fingerprint density at radius 3 is 2.40 bits per heavy atom. The van der Waals surface area contributed by atoms with Crippen LogP contribution in [-0.2, 0) is 6.54 Å². The van der Waals surface area contributed by atoms with Crippen LogP contribution in [0.25, 0.3) is 0 Å². The smallest absolute Gasteiger partial charge is 0.119 e. The zero-order valence-electron chi connectivity index (χ0n) is 15.9. The van der Waals surface area contributed by atoms with Crippen LogP contribution < -0.4 is 4.74 Å². The number of nitrogens with zero attached hydrogens (tertiary/aromatic N) is 2. The molecule has 5 heteroatoms. The Kier molecular flexibility index (Phi) is 7.69. The van der Waals surface area contributed by atoms with Crippen LogP contribution in [0, 0.1) is 5.41 Å². The van der Waals surface area contributed by atoms with Crippen molar-refractivity contribution >= 4 is 0 Å². The van der Waals surface area contributed by atoms with E-state index in [9.17, 15) is 5.11 Å². The van der Waals surface area contributed by atoms with Gasteiger partial charge in [0, 0.05) is 45.4 Å². The van der Waals surface area contributed by atoms with Gasteiger partial charge in [0.15, 0.2) is 0 Å². The van der Waals surface area contributed by atoms with Gasteiger partial charge in [-0.25, -0.2) is 0 Å². The van der Waals surface area contributed by atoms with Crippen molar-refractivity contribution in [2.45, 2.75) is 39.8 Å². The van der Waals surface area contributed by atoms with Gasteiger partial charge in [0.25, 0.3) is 0 Å². The number of rotatable bonds is 8. The fraction of sp³-hybridized carbons (Fsp3) is 0.700. The van der Waals surface area contributed by atoms with Crippen molar-refractivity contribution in [3.05, 3.63) is 29.8 Å². The molecule has 1 aromatic rings. The summed E-state index contributed by atoms with van der Waals surface area (Å²) in [7, 11) is 0. The minimum Gasteiger partial charge on any atom is -0.491 e. The lowest BCUT2D eigenvalue weighted by Crippen LogP contribution is -2.54. The Bertz CT molecular complexity index is 499. The molecular weight excluding hydrogens is 316 g/mol. The molecule has 25 heavy (non-hydrogen) atoms. The number of aliphatic hydroxyl groups excluding tert-OH is 2. The van der Waals surface area contributed by atoms with E-state index in [2.05, 4.69) is 42.7 Å². The number of hydrogen-bond donors (Lipinski definition) is 2. The van der Waals surface area contributed by atoms with E-state index in [4.69, 9.17) is 9.84 Å². The summed E-state index contributed by atoms with van der Waals surface area (Å²) in [5.41, 5.74) is 1.55. The molecular formula is C20H34N2O3. The van der Waals surface area contributed by atoms with E-state index in [0.717, 1.165) is 44.9 Å². The molecule has 1 heterocycles. The molecule has 0 amide bonds. The second kappa shape index (κ2) is 9.53. The molecule has 2 rings (SSSR count). The molecule has 1 atom stereocenters. The molecule has 1 aromatic carbocycles. The SMILES string of the molecule is CC(C)(C)CN1CCN(Cc2ccc(OCCO)cc2)CC1CCO. The quantitative estimate of drug-likeness (QED) is 0.751. The second-order valence-corrected chi connectivity index (χ2v) is 8.15. The van der Waals surface area contributed by atoms with Gasteiger partial charge >= 0.3 is 0 Å². The van der Waals surface area contributed by atoms with Gasteiger partial charge in [-0.05, 0) is 29.5 Å². The van der Waals surface area contributed by atoms with Gasteiger partial charge in [-0.3, -0.25) is 9.80 Å². The van der Waals surface area contributed by atoms with E-state index < -0.39 is 0 Å². The lowest BCUT2D eigenvalue weighted by atomic mass is 9.94. The Balaban J connectivity index is 1.90. The van der Waals surface area contributed by atoms with E-state index in [1.54, 1.807) is 0 Å². The normalized spacial score (nSPS) is 20.0. The Morgan fingerprint density at radius 1 is 1.08 bits per heavy atom. The van der Waals surface area contributed by atoms with Crippen LogP contribution in [-0.4, -0.2) is 72.1 Å². The third-order valence-electron chi connectivity index (χ3n) is 4.52. The zero-order valence-corrected chi connectivity index (χ0v) is 15.9. The summed E-state index contributed by atoms with van der Waals surface area (Å²) in [6.45, 7) is 12.5. The topological polar surface area (TPSA) is 56.2 Å². The highest BCUT2D eigenvalue weighted by molar-refractivity contribution is 5.27. The van der Waals surface area contributed by atoms with Crippen molar-refractivity contribution in [2.24, 2.45) is 5.41 Å². The molecule has 0 saturated carbocycles. The maximum atomic E-state index is 9.44. The fourth-order valence-electron chi connectivity index (χ4n) is 3.45. The monoisotopic (exact) mass is 350 g/mol. The van der Waals surface area contributed by atoms with E-state index in [1.807, 2.05) is 12.1 Å². The van der Waals surface area contributed by atoms with Crippen LogP contribution in [0.1, 0.15) is 32.8 Å². The molecule has 142 valence electrons. The highest BCUT2D eigenvalue weighted by Crippen LogP contribution is 2.22. The van der Waals surface area contributed by atoms with Crippen LogP contribution in [0.2, 0.25) is 0 Å². The van der Waals surface area contributed by atoms with Crippen LogP contribution in [0.15, 0.2) is 24.3 Å². The molecule has 0 bridgehead atoms. The first-order chi connectivity index (χ1) is 11.9. The summed E-state index contributed by atoms with van der Waals surface area (Å²) in [4.78, 5) is 5.02. The van der Waals surface area contributed by atoms with Crippen molar-refractivity contribution in [3.8, 4) is 5.75 Å². The number of hydrogen-bond acceptors (Lipinski definition) is 5. The van der Waals surface area contributed by atoms with Gasteiger partial charge in [-0.2, -0.15) is 0 Å². The maximum absolute atomic E-state index is 9.44. The van der Waals surface area contributed by atoms with Crippen LogP contribution >= 0.6 is 0 Å². The summed E-state index contributed by atoms with van der Waals surface area (Å²) in [5.74, 6) is 0.797. The maximum Gasteiger partial charge on any atom is 0.119 e. The van der Waals surface area contributed by atoms with Crippen LogP contribution in [0.4, 0.5) is 0 Å². The van der Waals surface area contributed by atoms with Crippen molar-refractivity contribution in [1.82, 2.24) is 9.80 Å². The third-order valence-corrected chi connectivity index (χ3v) is 4.52. The molecule has 0 spiro atoms. The largest absolute Gasteiger partial charge is 0.491 e. The summed E-state index contributed by atoms with van der Waals surface area (Å²) < 4.78 is 5.41. The Morgan fingerprint density at radius 2 is 1.80 bits per heavy atom. The molecule has 1 aliphatic heterocycles. The molecule has 1 aliphatic rings. The molecule has 2 N–H and O–H groups in total. The molecule has 1 saturated heterocycles. The highest BCUT2D eigenvalue weighted by atomic mass is 16.5. The standard InChI is InChI=1S/C20H34N2O3/c1-20(2,3)16-22-10-9-21(15-18(22)8-11-23)14-17-4-6-19(7-5-17)25-13-12-24/h4-7,18,23-24H,8-16H2,1-3H3. The van der Waals surface area contributed by atoms with Gasteiger partial charge in [-0.15, -0.1) is 0 Å². The van der Waals surface area contributed by atoms with Gasteiger partial charge in [-0.1, -0.05) is 32.9 Å². The molecule has 1 fully saturated rings. The number of aliphatic hydroxyl groups is 2. The minimum absolute atomic E-state index is 0.0346. The summed E-state index contributed by atoms with van der Waals surface area (Å²) in [6, 6.07) is 8.54. The number of benzene rings is 1. The van der Waals surface area contributed by atoms with Gasteiger partial charge in [0.2, 0.25) is 0 Å². The van der Waals surface area contributed by atoms with Crippen LogP contribution in [0.5, 0.6) is 5.75 Å². The molecule has 0 aliphatic carbocycles. The van der Waals surface area contributed by atoms with Crippen molar-refractivity contribution in [3.63, 3.8) is 0 Å². The van der Waals surface area contributed by atoms with Crippen molar-refractivity contribution < 1.29 is 14.9 Å². The number of ether oxygens (including phenoxy) is 1. The van der Waals surface area contributed by atoms with E-state index in [1.165, 1.54) is 5.56 Å². The predicted molar refractivity (Wildman–Crippen MR) is 101 cm³/mol. The van der Waals surface area contributed by atoms with Gasteiger partial charge < -0.3 is 14.9 Å². The first-order valence-electron chi connectivity index (χ1n) is 9.31. The predicted octanol–water partition coefficient (Wildman–Crippen LogP) is 1.97. The first-order valence-corrected chi connectivity index (χ1v) is 9.31. The third kappa shape index (κ3) is 6.94. The Hall–Kier alpha value is -1.14. The van der Waals surface area contributed by atoms with E-state index >= 15 is 0 Å². The minimum atomic E-state index is 0.0346. The van der Waals surface area contributed by atoms with Crippen LogP contribution in [0.3, 0.4) is 0 Å². The lowest BCUT2D eigenvalue weighted by Gasteiger charge is -2.44. The molecule has 5 nitrogen and oxygen atoms in total. The molecule has 1 unspecified atom stereocenters. The average molecular weight is 351 g/mol. The van der Waals surface area contributed by atoms with Crippen molar-refractivity contribution in [1.29, 1.82) is 0 Å². The highest BCUT2D eigenvalue weighted by Gasteiger charge is 2.29. The second-order valence-electron chi connectivity index (χ2n) is 8.15. The fourth-order valence-corrected chi connectivity index (χ4v) is 3.45. The lowest BCUT2D eigenvalue weighted by molar-refractivity contribution is 0.0340. The average Bonchev–Trinajstić information content (AvgIpc) is 2.56. The van der Waals surface area contributed by atoms with Gasteiger partial charge in [0.05, 0.1) is 6.61 Å².